The average Bonchev–Trinajstić information content (AvgIpc) is 3.14. The third-order valence-electron chi connectivity index (χ3n) is 4.50. The highest BCUT2D eigenvalue weighted by Crippen LogP contribution is 2.24. The van der Waals surface area contributed by atoms with Gasteiger partial charge in [0.15, 0.2) is 0 Å². The number of aromatic nitrogens is 1. The van der Waals surface area contributed by atoms with E-state index in [-0.39, 0.29) is 12.0 Å². The summed E-state index contributed by atoms with van der Waals surface area (Å²) in [6.07, 6.45) is 0.448. The van der Waals surface area contributed by atoms with Crippen LogP contribution in [-0.2, 0) is 17.7 Å². The maximum Gasteiger partial charge on any atom is 0.409 e. The molecule has 3 aromatic rings. The number of benzene rings is 2. The van der Waals surface area contributed by atoms with Gasteiger partial charge in [0.1, 0.15) is 0 Å². The summed E-state index contributed by atoms with van der Waals surface area (Å²) in [4.78, 5) is 30.2. The lowest BCUT2D eigenvalue weighted by Crippen LogP contribution is -2.35. The molecule has 0 atom stereocenters. The molecule has 1 aromatic heterocycles. The zero-order chi connectivity index (χ0) is 18.1. The Labute approximate surface area is 154 Å². The van der Waals surface area contributed by atoms with Crippen molar-refractivity contribution in [3.05, 3.63) is 58.6 Å². The first-order chi connectivity index (χ1) is 12.6. The van der Waals surface area contributed by atoms with Gasteiger partial charge in [0, 0.05) is 24.3 Å². The highest BCUT2D eigenvalue weighted by Gasteiger charge is 2.21. The monoisotopic (exact) mass is 367 g/mol. The van der Waals surface area contributed by atoms with Gasteiger partial charge in [-0.1, -0.05) is 6.07 Å². The number of hydrogen-bond acceptors (Lipinski definition) is 5. The second kappa shape index (κ2) is 6.76. The highest BCUT2D eigenvalue weighted by molar-refractivity contribution is 7.16. The minimum atomic E-state index is -0.331. The number of fused-ring (bicyclic) bond motifs is 2. The first kappa shape index (κ1) is 16.5. The third-order valence-corrected chi connectivity index (χ3v) is 5.29. The van der Waals surface area contributed by atoms with Crippen molar-refractivity contribution >= 4 is 39.2 Å². The number of thiazole rings is 1. The molecule has 4 rings (SSSR count). The number of rotatable bonds is 2. The molecule has 0 radical (unpaired) electrons. The standard InChI is InChI=1S/C19H17N3O3S/c1-25-19(24)22-7-6-12-2-4-15(8-14(12)10-22)21-18(23)13-3-5-16-17(9-13)26-11-20-16/h2-5,8-9,11H,6-7,10H2,1H3,(H,21,23). The summed E-state index contributed by atoms with van der Waals surface area (Å²) in [7, 11) is 1.38. The van der Waals surface area contributed by atoms with Gasteiger partial charge in [-0.05, 0) is 47.9 Å². The molecule has 2 amide bonds. The molecule has 1 aliphatic heterocycles. The van der Waals surface area contributed by atoms with Gasteiger partial charge in [-0.2, -0.15) is 0 Å². The fourth-order valence-corrected chi connectivity index (χ4v) is 3.84. The lowest BCUT2D eigenvalue weighted by Gasteiger charge is -2.28. The van der Waals surface area contributed by atoms with Gasteiger partial charge in [0.2, 0.25) is 0 Å². The average molecular weight is 367 g/mol. The van der Waals surface area contributed by atoms with Crippen LogP contribution < -0.4 is 5.32 Å². The van der Waals surface area contributed by atoms with Crippen molar-refractivity contribution in [1.29, 1.82) is 0 Å². The maximum absolute atomic E-state index is 12.6. The molecule has 2 aromatic carbocycles. The lowest BCUT2D eigenvalue weighted by atomic mass is 9.99. The van der Waals surface area contributed by atoms with Crippen molar-refractivity contribution in [3.8, 4) is 0 Å². The van der Waals surface area contributed by atoms with Gasteiger partial charge >= 0.3 is 6.09 Å². The molecule has 0 fully saturated rings. The number of nitrogens with one attached hydrogen (secondary N) is 1. The van der Waals surface area contributed by atoms with Gasteiger partial charge in [0.25, 0.3) is 5.91 Å². The van der Waals surface area contributed by atoms with Gasteiger partial charge in [-0.15, -0.1) is 11.3 Å². The van der Waals surface area contributed by atoms with Crippen molar-refractivity contribution < 1.29 is 14.3 Å². The van der Waals surface area contributed by atoms with E-state index in [1.807, 2.05) is 30.3 Å². The number of nitrogens with zero attached hydrogens (tertiary/aromatic N) is 2. The largest absolute Gasteiger partial charge is 0.453 e. The van der Waals surface area contributed by atoms with Crippen molar-refractivity contribution in [2.24, 2.45) is 0 Å². The molecule has 2 heterocycles. The Morgan fingerprint density at radius 1 is 1.19 bits per heavy atom. The van der Waals surface area contributed by atoms with Crippen molar-refractivity contribution in [1.82, 2.24) is 9.88 Å². The van der Waals surface area contributed by atoms with E-state index in [1.54, 1.807) is 16.5 Å². The molecular weight excluding hydrogens is 350 g/mol. The summed E-state index contributed by atoms with van der Waals surface area (Å²) in [5.74, 6) is -0.166. The summed E-state index contributed by atoms with van der Waals surface area (Å²) in [5, 5.41) is 2.93. The molecule has 0 aliphatic carbocycles. The van der Waals surface area contributed by atoms with Crippen LogP contribution in [0.2, 0.25) is 0 Å². The van der Waals surface area contributed by atoms with E-state index in [4.69, 9.17) is 4.74 Å². The summed E-state index contributed by atoms with van der Waals surface area (Å²) < 4.78 is 5.78. The summed E-state index contributed by atoms with van der Waals surface area (Å²) in [6.45, 7) is 1.12. The highest BCUT2D eigenvalue weighted by atomic mass is 32.1. The molecule has 0 spiro atoms. The number of amides is 2. The number of ether oxygens (including phenoxy) is 1. The Balaban J connectivity index is 1.53. The maximum atomic E-state index is 12.6. The van der Waals surface area contributed by atoms with Crippen molar-refractivity contribution in [2.45, 2.75) is 13.0 Å². The van der Waals surface area contributed by atoms with Crippen molar-refractivity contribution in [3.63, 3.8) is 0 Å². The van der Waals surface area contributed by atoms with Crippen LogP contribution in [0.4, 0.5) is 10.5 Å². The molecule has 0 saturated carbocycles. The summed E-state index contributed by atoms with van der Waals surface area (Å²) in [6, 6.07) is 11.3. The van der Waals surface area contributed by atoms with Crippen LogP contribution in [0, 0.1) is 0 Å². The van der Waals surface area contributed by atoms with Gasteiger partial charge in [-0.3, -0.25) is 4.79 Å². The predicted molar refractivity (Wildman–Crippen MR) is 101 cm³/mol. The Bertz CT molecular complexity index is 999. The van der Waals surface area contributed by atoms with E-state index in [0.717, 1.165) is 22.2 Å². The van der Waals surface area contributed by atoms with Crippen LogP contribution in [0.15, 0.2) is 41.9 Å². The molecule has 0 bridgehead atoms. The Morgan fingerprint density at radius 2 is 2.08 bits per heavy atom. The van der Waals surface area contributed by atoms with E-state index in [0.29, 0.717) is 24.3 Å². The van der Waals surface area contributed by atoms with Gasteiger partial charge < -0.3 is 15.0 Å². The van der Waals surface area contributed by atoms with E-state index >= 15 is 0 Å². The Morgan fingerprint density at radius 3 is 2.92 bits per heavy atom. The topological polar surface area (TPSA) is 71.5 Å². The van der Waals surface area contributed by atoms with E-state index in [9.17, 15) is 9.59 Å². The van der Waals surface area contributed by atoms with Crippen LogP contribution in [0.3, 0.4) is 0 Å². The molecule has 132 valence electrons. The third kappa shape index (κ3) is 3.13. The molecule has 1 N–H and O–H groups in total. The molecule has 0 saturated heterocycles. The molecule has 0 unspecified atom stereocenters. The normalized spacial score (nSPS) is 13.3. The van der Waals surface area contributed by atoms with Gasteiger partial charge in [-0.25, -0.2) is 9.78 Å². The van der Waals surface area contributed by atoms with Gasteiger partial charge in [0.05, 0.1) is 22.8 Å². The number of carbonyl (C=O) groups excluding carboxylic acids is 2. The van der Waals surface area contributed by atoms with Crippen LogP contribution in [-0.4, -0.2) is 35.5 Å². The Kier molecular flexibility index (Phi) is 4.30. The quantitative estimate of drug-likeness (QED) is 0.750. The second-order valence-electron chi connectivity index (χ2n) is 6.11. The van der Waals surface area contributed by atoms with Crippen LogP contribution in [0.5, 0.6) is 0 Å². The fourth-order valence-electron chi connectivity index (χ4n) is 3.12. The molecule has 6 nitrogen and oxygen atoms in total. The molecular formula is C19H17N3O3S. The Hall–Kier alpha value is -2.93. The molecule has 26 heavy (non-hydrogen) atoms. The summed E-state index contributed by atoms with van der Waals surface area (Å²) >= 11 is 1.51. The SMILES string of the molecule is COC(=O)N1CCc2ccc(NC(=O)c3ccc4ncsc4c3)cc2C1. The zero-order valence-corrected chi connectivity index (χ0v) is 15.0. The first-order valence-electron chi connectivity index (χ1n) is 8.23. The first-order valence-corrected chi connectivity index (χ1v) is 9.11. The van der Waals surface area contributed by atoms with E-state index < -0.39 is 0 Å². The van der Waals surface area contributed by atoms with Crippen LogP contribution >= 0.6 is 11.3 Å². The number of hydrogen-bond donors (Lipinski definition) is 1. The molecule has 1 aliphatic rings. The van der Waals surface area contributed by atoms with E-state index in [2.05, 4.69) is 10.3 Å². The predicted octanol–water partition coefficient (Wildman–Crippen LogP) is 3.67. The molecule has 7 heteroatoms. The fraction of sp³-hybridized carbons (Fsp3) is 0.211. The second-order valence-corrected chi connectivity index (χ2v) is 7.00. The minimum absolute atomic E-state index is 0.166. The smallest absolute Gasteiger partial charge is 0.409 e. The van der Waals surface area contributed by atoms with Crippen LogP contribution in [0.1, 0.15) is 21.5 Å². The number of carbonyl (C=O) groups is 2. The van der Waals surface area contributed by atoms with Crippen molar-refractivity contribution in [2.75, 3.05) is 19.0 Å². The minimum Gasteiger partial charge on any atom is -0.453 e. The number of methoxy groups -OCH3 is 1. The lowest BCUT2D eigenvalue weighted by molar-refractivity contribution is 0.102. The zero-order valence-electron chi connectivity index (χ0n) is 14.2. The number of anilines is 1. The summed E-state index contributed by atoms with van der Waals surface area (Å²) in [5.41, 5.74) is 6.18. The van der Waals surface area contributed by atoms with Crippen LogP contribution in [0.25, 0.3) is 10.2 Å². The van der Waals surface area contributed by atoms with E-state index in [1.165, 1.54) is 24.0 Å².